The molecule has 1 heterocycles. The molecule has 0 saturated carbocycles. The Morgan fingerprint density at radius 3 is 2.95 bits per heavy atom. The van der Waals surface area contributed by atoms with E-state index in [0.717, 1.165) is 37.2 Å². The number of ether oxygens (including phenoxy) is 1. The summed E-state index contributed by atoms with van der Waals surface area (Å²) in [5.74, 6) is 0. The van der Waals surface area contributed by atoms with E-state index in [1.54, 1.807) is 13.0 Å². The Morgan fingerprint density at radius 2 is 2.37 bits per heavy atom. The van der Waals surface area contributed by atoms with E-state index in [1.807, 2.05) is 19.2 Å². The van der Waals surface area contributed by atoms with Crippen LogP contribution >= 0.6 is 0 Å². The van der Waals surface area contributed by atoms with E-state index in [4.69, 9.17) is 10.00 Å². The molecule has 2 atom stereocenters. The summed E-state index contributed by atoms with van der Waals surface area (Å²) in [7, 11) is 1.98. The van der Waals surface area contributed by atoms with Crippen molar-refractivity contribution in [2.75, 3.05) is 25.1 Å². The third-order valence-electron chi connectivity index (χ3n) is 3.52. The normalized spacial score (nSPS) is 20.0. The van der Waals surface area contributed by atoms with Crippen molar-refractivity contribution in [2.45, 2.75) is 32.0 Å². The number of nitriles is 1. The molecule has 1 unspecified atom stereocenters. The molecule has 4 heteroatoms. The quantitative estimate of drug-likeness (QED) is 0.902. The van der Waals surface area contributed by atoms with Gasteiger partial charge >= 0.3 is 0 Å². The largest absolute Gasteiger partial charge is 0.389 e. The molecule has 102 valence electrons. The SMILES string of the molecule is C[C@H](O)c1ccc(C#N)cc1N(C)CC1CCCO1. The Balaban J connectivity index is 2.22. The minimum atomic E-state index is -0.547. The monoisotopic (exact) mass is 260 g/mol. The third-order valence-corrected chi connectivity index (χ3v) is 3.52. The van der Waals surface area contributed by atoms with Crippen LogP contribution in [-0.2, 0) is 4.74 Å². The van der Waals surface area contributed by atoms with Crippen molar-refractivity contribution in [3.63, 3.8) is 0 Å². The molecule has 1 aliphatic rings. The lowest BCUT2D eigenvalue weighted by atomic mass is 10.0. The number of benzene rings is 1. The summed E-state index contributed by atoms with van der Waals surface area (Å²) >= 11 is 0. The first-order valence-electron chi connectivity index (χ1n) is 6.66. The predicted molar refractivity (Wildman–Crippen MR) is 74.0 cm³/mol. The molecule has 0 bridgehead atoms. The van der Waals surface area contributed by atoms with Crippen LogP contribution in [0.1, 0.15) is 37.0 Å². The third kappa shape index (κ3) is 3.25. The summed E-state index contributed by atoms with van der Waals surface area (Å²) in [6.07, 6.45) is 1.89. The van der Waals surface area contributed by atoms with Crippen LogP contribution in [0.25, 0.3) is 0 Å². The fraction of sp³-hybridized carbons (Fsp3) is 0.533. The standard InChI is InChI=1S/C15H20N2O2/c1-11(18)14-6-5-12(9-16)8-15(14)17(2)10-13-4-3-7-19-13/h5-6,8,11,13,18H,3-4,7,10H2,1-2H3/t11-,13?/m0/s1. The molecule has 0 aliphatic carbocycles. The molecule has 1 aromatic rings. The zero-order valence-corrected chi connectivity index (χ0v) is 11.5. The number of hydrogen-bond donors (Lipinski definition) is 1. The van der Waals surface area contributed by atoms with Gasteiger partial charge in [0.05, 0.1) is 23.8 Å². The molecule has 2 rings (SSSR count). The first kappa shape index (κ1) is 13.9. The lowest BCUT2D eigenvalue weighted by Crippen LogP contribution is -2.29. The molecule has 1 saturated heterocycles. The Morgan fingerprint density at radius 1 is 1.58 bits per heavy atom. The van der Waals surface area contributed by atoms with Crippen molar-refractivity contribution in [1.82, 2.24) is 0 Å². The van der Waals surface area contributed by atoms with E-state index in [2.05, 4.69) is 11.0 Å². The molecule has 1 aliphatic heterocycles. The molecular formula is C15H20N2O2. The van der Waals surface area contributed by atoms with Crippen molar-refractivity contribution in [2.24, 2.45) is 0 Å². The number of anilines is 1. The van der Waals surface area contributed by atoms with E-state index in [0.29, 0.717) is 5.56 Å². The Hall–Kier alpha value is -1.57. The summed E-state index contributed by atoms with van der Waals surface area (Å²) < 4.78 is 5.63. The van der Waals surface area contributed by atoms with Gasteiger partial charge in [0.2, 0.25) is 0 Å². The molecule has 0 amide bonds. The summed E-state index contributed by atoms with van der Waals surface area (Å²) in [4.78, 5) is 2.07. The van der Waals surface area contributed by atoms with Gasteiger partial charge in [0, 0.05) is 31.5 Å². The van der Waals surface area contributed by atoms with Gasteiger partial charge in [0.1, 0.15) is 0 Å². The predicted octanol–water partition coefficient (Wildman–Crippen LogP) is 2.23. The first-order valence-corrected chi connectivity index (χ1v) is 6.66. The molecule has 1 aromatic carbocycles. The van der Waals surface area contributed by atoms with Gasteiger partial charge in [0.25, 0.3) is 0 Å². The van der Waals surface area contributed by atoms with Gasteiger partial charge in [-0.2, -0.15) is 5.26 Å². The second-order valence-corrected chi connectivity index (χ2v) is 5.08. The van der Waals surface area contributed by atoms with Gasteiger partial charge in [-0.15, -0.1) is 0 Å². The van der Waals surface area contributed by atoms with Gasteiger partial charge in [0.15, 0.2) is 0 Å². The van der Waals surface area contributed by atoms with Crippen molar-refractivity contribution >= 4 is 5.69 Å². The van der Waals surface area contributed by atoms with Crippen LogP contribution in [0.2, 0.25) is 0 Å². The number of aliphatic hydroxyl groups excluding tert-OH is 1. The van der Waals surface area contributed by atoms with Crippen LogP contribution < -0.4 is 4.90 Å². The lowest BCUT2D eigenvalue weighted by molar-refractivity contribution is 0.116. The van der Waals surface area contributed by atoms with Crippen molar-refractivity contribution < 1.29 is 9.84 Å². The highest BCUT2D eigenvalue weighted by molar-refractivity contribution is 5.58. The van der Waals surface area contributed by atoms with Crippen LogP contribution in [-0.4, -0.2) is 31.4 Å². The van der Waals surface area contributed by atoms with Gasteiger partial charge in [-0.3, -0.25) is 0 Å². The maximum atomic E-state index is 9.84. The molecule has 0 radical (unpaired) electrons. The maximum Gasteiger partial charge on any atom is 0.0992 e. The molecule has 1 N–H and O–H groups in total. The Bertz CT molecular complexity index is 474. The average Bonchev–Trinajstić information content (AvgIpc) is 2.90. The zero-order chi connectivity index (χ0) is 13.8. The van der Waals surface area contributed by atoms with Gasteiger partial charge < -0.3 is 14.7 Å². The molecule has 0 aromatic heterocycles. The molecule has 1 fully saturated rings. The summed E-state index contributed by atoms with van der Waals surface area (Å²) in [5.41, 5.74) is 2.36. The van der Waals surface area contributed by atoms with Crippen LogP contribution in [0, 0.1) is 11.3 Å². The van der Waals surface area contributed by atoms with Gasteiger partial charge in [-0.05, 0) is 31.9 Å². The molecule has 0 spiro atoms. The summed E-state index contributed by atoms with van der Waals surface area (Å²) in [6.45, 7) is 3.36. The van der Waals surface area contributed by atoms with Crippen molar-refractivity contribution in [3.05, 3.63) is 29.3 Å². The van der Waals surface area contributed by atoms with Crippen molar-refractivity contribution in [3.8, 4) is 6.07 Å². The van der Waals surface area contributed by atoms with Crippen LogP contribution in [0.3, 0.4) is 0 Å². The van der Waals surface area contributed by atoms with E-state index in [1.165, 1.54) is 0 Å². The van der Waals surface area contributed by atoms with Gasteiger partial charge in [-0.1, -0.05) is 6.07 Å². The smallest absolute Gasteiger partial charge is 0.0992 e. The minimum absolute atomic E-state index is 0.248. The Labute approximate surface area is 114 Å². The van der Waals surface area contributed by atoms with E-state index in [-0.39, 0.29) is 6.10 Å². The highest BCUT2D eigenvalue weighted by atomic mass is 16.5. The fourth-order valence-corrected chi connectivity index (χ4v) is 2.49. The van der Waals surface area contributed by atoms with Crippen LogP contribution in [0.4, 0.5) is 5.69 Å². The second kappa shape index (κ2) is 6.05. The lowest BCUT2D eigenvalue weighted by Gasteiger charge is -2.26. The number of likely N-dealkylation sites (N-methyl/N-ethyl adjacent to an activating group) is 1. The number of rotatable bonds is 4. The maximum absolute atomic E-state index is 9.84. The average molecular weight is 260 g/mol. The molecule has 19 heavy (non-hydrogen) atoms. The zero-order valence-electron chi connectivity index (χ0n) is 11.5. The summed E-state index contributed by atoms with van der Waals surface area (Å²) in [6, 6.07) is 7.54. The highest BCUT2D eigenvalue weighted by Gasteiger charge is 2.20. The fourth-order valence-electron chi connectivity index (χ4n) is 2.49. The highest BCUT2D eigenvalue weighted by Crippen LogP contribution is 2.28. The number of aliphatic hydroxyl groups is 1. The van der Waals surface area contributed by atoms with Crippen LogP contribution in [0.5, 0.6) is 0 Å². The van der Waals surface area contributed by atoms with E-state index < -0.39 is 6.10 Å². The second-order valence-electron chi connectivity index (χ2n) is 5.08. The topological polar surface area (TPSA) is 56.5 Å². The Kier molecular flexibility index (Phi) is 4.41. The van der Waals surface area contributed by atoms with Crippen molar-refractivity contribution in [1.29, 1.82) is 5.26 Å². The van der Waals surface area contributed by atoms with Gasteiger partial charge in [-0.25, -0.2) is 0 Å². The van der Waals surface area contributed by atoms with E-state index >= 15 is 0 Å². The molecular weight excluding hydrogens is 240 g/mol. The summed E-state index contributed by atoms with van der Waals surface area (Å²) in [5, 5.41) is 18.8. The van der Waals surface area contributed by atoms with Crippen LogP contribution in [0.15, 0.2) is 18.2 Å². The first-order chi connectivity index (χ1) is 9.11. The minimum Gasteiger partial charge on any atom is -0.389 e. The van der Waals surface area contributed by atoms with E-state index in [9.17, 15) is 5.11 Å². The molecule has 4 nitrogen and oxygen atoms in total. The number of hydrogen-bond acceptors (Lipinski definition) is 4. The number of nitrogens with zero attached hydrogens (tertiary/aromatic N) is 2.